The van der Waals surface area contributed by atoms with Gasteiger partial charge in [-0.3, -0.25) is 0 Å². The Labute approximate surface area is 173 Å². The minimum atomic E-state index is -3.55. The average molecular weight is 413 g/mol. The second kappa shape index (κ2) is 8.93. The molecule has 0 saturated carbocycles. The van der Waals surface area contributed by atoms with Crippen LogP contribution in [0.3, 0.4) is 0 Å². The van der Waals surface area contributed by atoms with Gasteiger partial charge in [0.1, 0.15) is 0 Å². The molecule has 0 radical (unpaired) electrons. The maximum Gasteiger partial charge on any atom is 0.243 e. The molecule has 1 aromatic heterocycles. The van der Waals surface area contributed by atoms with Crippen molar-refractivity contribution >= 4 is 10.0 Å². The van der Waals surface area contributed by atoms with Gasteiger partial charge in [-0.15, -0.1) is 0 Å². The van der Waals surface area contributed by atoms with Crippen LogP contribution in [0, 0.1) is 11.8 Å². The first kappa shape index (κ1) is 21.3. The quantitative estimate of drug-likeness (QED) is 0.503. The Hall–Kier alpha value is -2.44. The molecule has 154 valence electrons. The lowest BCUT2D eigenvalue weighted by Crippen LogP contribution is -2.37. The summed E-state index contributed by atoms with van der Waals surface area (Å²) in [6.45, 7) is 9.11. The van der Waals surface area contributed by atoms with Gasteiger partial charge in [-0.1, -0.05) is 58.0 Å². The molecule has 0 saturated heterocycles. The van der Waals surface area contributed by atoms with Crippen LogP contribution in [0.1, 0.15) is 27.7 Å². The van der Waals surface area contributed by atoms with Crippen LogP contribution in [0.4, 0.5) is 0 Å². The van der Waals surface area contributed by atoms with Gasteiger partial charge in [0.25, 0.3) is 0 Å². The summed E-state index contributed by atoms with van der Waals surface area (Å²) in [5.41, 5.74) is 1.69. The van der Waals surface area contributed by atoms with Crippen molar-refractivity contribution in [2.24, 2.45) is 11.8 Å². The van der Waals surface area contributed by atoms with E-state index in [9.17, 15) is 8.42 Å². The zero-order valence-corrected chi connectivity index (χ0v) is 18.2. The van der Waals surface area contributed by atoms with E-state index in [0.29, 0.717) is 24.7 Å². The zero-order valence-electron chi connectivity index (χ0n) is 17.4. The number of oxazole rings is 1. The van der Waals surface area contributed by atoms with Gasteiger partial charge in [0.2, 0.25) is 15.9 Å². The normalized spacial score (nSPS) is 12.2. The van der Waals surface area contributed by atoms with E-state index < -0.39 is 10.0 Å². The molecule has 29 heavy (non-hydrogen) atoms. The predicted octanol–water partition coefficient (Wildman–Crippen LogP) is 5.31. The fraction of sp³-hybridized carbons (Fsp3) is 0.348. The topological polar surface area (TPSA) is 63.4 Å². The van der Waals surface area contributed by atoms with Gasteiger partial charge in [0, 0.05) is 24.2 Å². The van der Waals surface area contributed by atoms with Crippen molar-refractivity contribution in [2.45, 2.75) is 32.6 Å². The Kier molecular flexibility index (Phi) is 6.55. The van der Waals surface area contributed by atoms with Crippen molar-refractivity contribution in [1.29, 1.82) is 0 Å². The third-order valence-electron chi connectivity index (χ3n) is 4.44. The van der Waals surface area contributed by atoms with Crippen molar-refractivity contribution in [3.05, 3.63) is 60.8 Å². The van der Waals surface area contributed by atoms with Crippen LogP contribution in [0.2, 0.25) is 0 Å². The Bertz CT molecular complexity index is 1010. The van der Waals surface area contributed by atoms with Crippen LogP contribution in [-0.2, 0) is 10.0 Å². The Morgan fingerprint density at radius 3 is 2.00 bits per heavy atom. The number of hydrogen-bond donors (Lipinski definition) is 0. The van der Waals surface area contributed by atoms with E-state index in [2.05, 4.69) is 4.98 Å². The first-order valence-corrected chi connectivity index (χ1v) is 11.3. The minimum absolute atomic E-state index is 0.256. The lowest BCUT2D eigenvalue weighted by molar-refractivity contribution is 0.333. The summed E-state index contributed by atoms with van der Waals surface area (Å²) < 4.78 is 33.7. The monoisotopic (exact) mass is 412 g/mol. The van der Waals surface area contributed by atoms with E-state index in [1.54, 1.807) is 34.8 Å². The standard InChI is InChI=1S/C23H28N2O3S/c1-17(2)15-25(16-18(3)4)29(26,27)21-12-10-20(11-13-21)23-24-14-22(28-23)19-8-6-5-7-9-19/h5-14,17-18H,15-16H2,1-4H3. The molecule has 3 rings (SSSR count). The highest BCUT2D eigenvalue weighted by Crippen LogP contribution is 2.27. The zero-order chi connectivity index (χ0) is 21.0. The smallest absolute Gasteiger partial charge is 0.243 e. The lowest BCUT2D eigenvalue weighted by Gasteiger charge is -2.25. The Balaban J connectivity index is 1.85. The maximum atomic E-state index is 13.1. The van der Waals surface area contributed by atoms with Gasteiger partial charge in [0.05, 0.1) is 11.1 Å². The maximum absolute atomic E-state index is 13.1. The molecule has 0 spiro atoms. The molecule has 0 fully saturated rings. The minimum Gasteiger partial charge on any atom is -0.436 e. The van der Waals surface area contributed by atoms with Gasteiger partial charge in [-0.2, -0.15) is 4.31 Å². The summed E-state index contributed by atoms with van der Waals surface area (Å²) in [4.78, 5) is 4.63. The second-order valence-electron chi connectivity index (χ2n) is 8.03. The molecule has 0 bridgehead atoms. The first-order valence-electron chi connectivity index (χ1n) is 9.89. The second-order valence-corrected chi connectivity index (χ2v) is 9.97. The van der Waals surface area contributed by atoms with Crippen molar-refractivity contribution < 1.29 is 12.8 Å². The molecular weight excluding hydrogens is 384 g/mol. The highest BCUT2D eigenvalue weighted by atomic mass is 32.2. The molecule has 0 N–H and O–H groups in total. The van der Waals surface area contributed by atoms with Crippen molar-refractivity contribution in [2.75, 3.05) is 13.1 Å². The molecule has 0 unspecified atom stereocenters. The van der Waals surface area contributed by atoms with Crippen LogP contribution in [0.25, 0.3) is 22.8 Å². The highest BCUT2D eigenvalue weighted by molar-refractivity contribution is 7.89. The molecule has 5 nitrogen and oxygen atoms in total. The predicted molar refractivity (Wildman–Crippen MR) is 116 cm³/mol. The highest BCUT2D eigenvalue weighted by Gasteiger charge is 2.26. The summed E-state index contributed by atoms with van der Waals surface area (Å²) in [6, 6.07) is 16.5. The molecule has 3 aromatic rings. The summed E-state index contributed by atoms with van der Waals surface area (Å²) in [5, 5.41) is 0. The molecule has 0 atom stereocenters. The molecular formula is C23H28N2O3S. The summed E-state index contributed by atoms with van der Waals surface area (Å²) in [7, 11) is -3.55. The van der Waals surface area contributed by atoms with E-state index in [1.807, 2.05) is 58.0 Å². The average Bonchev–Trinajstić information content (AvgIpc) is 3.18. The summed E-state index contributed by atoms with van der Waals surface area (Å²) >= 11 is 0. The van der Waals surface area contributed by atoms with Crippen LogP contribution >= 0.6 is 0 Å². The van der Waals surface area contributed by atoms with Gasteiger partial charge in [0.15, 0.2) is 5.76 Å². The van der Waals surface area contributed by atoms with Gasteiger partial charge >= 0.3 is 0 Å². The summed E-state index contributed by atoms with van der Waals surface area (Å²) in [6.07, 6.45) is 1.68. The number of benzene rings is 2. The summed E-state index contributed by atoms with van der Waals surface area (Å²) in [5.74, 6) is 1.66. The molecule has 0 aliphatic rings. The van der Waals surface area contributed by atoms with Crippen LogP contribution < -0.4 is 0 Å². The SMILES string of the molecule is CC(C)CN(CC(C)C)S(=O)(=O)c1ccc(-c2ncc(-c3ccccc3)o2)cc1. The number of aromatic nitrogens is 1. The van der Waals surface area contributed by atoms with Crippen molar-refractivity contribution in [1.82, 2.24) is 9.29 Å². The molecule has 6 heteroatoms. The number of sulfonamides is 1. The van der Waals surface area contributed by atoms with E-state index in [0.717, 1.165) is 11.1 Å². The molecule has 1 heterocycles. The van der Waals surface area contributed by atoms with E-state index in [1.165, 1.54) is 0 Å². The Morgan fingerprint density at radius 2 is 1.45 bits per heavy atom. The van der Waals surface area contributed by atoms with E-state index in [4.69, 9.17) is 4.42 Å². The van der Waals surface area contributed by atoms with Crippen molar-refractivity contribution in [3.8, 4) is 22.8 Å². The van der Waals surface area contributed by atoms with Crippen molar-refractivity contribution in [3.63, 3.8) is 0 Å². The van der Waals surface area contributed by atoms with Crippen LogP contribution in [-0.4, -0.2) is 30.8 Å². The van der Waals surface area contributed by atoms with Gasteiger partial charge in [-0.25, -0.2) is 13.4 Å². The van der Waals surface area contributed by atoms with Gasteiger partial charge < -0.3 is 4.42 Å². The molecule has 0 aliphatic carbocycles. The van der Waals surface area contributed by atoms with Crippen LogP contribution in [0.5, 0.6) is 0 Å². The third-order valence-corrected chi connectivity index (χ3v) is 6.29. The molecule has 2 aromatic carbocycles. The van der Waals surface area contributed by atoms with E-state index in [-0.39, 0.29) is 16.7 Å². The van der Waals surface area contributed by atoms with Crippen LogP contribution in [0.15, 0.2) is 70.1 Å². The van der Waals surface area contributed by atoms with E-state index >= 15 is 0 Å². The molecule has 0 aliphatic heterocycles. The number of nitrogens with zero attached hydrogens (tertiary/aromatic N) is 2. The largest absolute Gasteiger partial charge is 0.436 e. The fourth-order valence-corrected chi connectivity index (χ4v) is 4.91. The first-order chi connectivity index (χ1) is 13.8. The van der Waals surface area contributed by atoms with Gasteiger partial charge in [-0.05, 0) is 36.1 Å². The fourth-order valence-electron chi connectivity index (χ4n) is 3.15. The third kappa shape index (κ3) is 5.14. The number of rotatable bonds is 8. The molecule has 0 amide bonds. The number of hydrogen-bond acceptors (Lipinski definition) is 4. The Morgan fingerprint density at radius 1 is 0.862 bits per heavy atom. The lowest BCUT2D eigenvalue weighted by atomic mass is 10.2.